The highest BCUT2D eigenvalue weighted by atomic mass is 31.2. The van der Waals surface area contributed by atoms with Crippen molar-refractivity contribution in [3.8, 4) is 0 Å². The van der Waals surface area contributed by atoms with Gasteiger partial charge in [-0.05, 0) is 70.6 Å². The zero-order valence-electron chi connectivity index (χ0n) is 38.0. The van der Waals surface area contributed by atoms with Crippen LogP contribution in [0.4, 0.5) is 0 Å². The average molecular weight is 852 g/mol. The predicted octanol–water partition coefficient (Wildman–Crippen LogP) is 14.3. The van der Waals surface area contributed by atoms with Crippen LogP contribution in [0.3, 0.4) is 0 Å². The van der Waals surface area contributed by atoms with Crippen LogP contribution in [0.15, 0.2) is 48.6 Å². The van der Waals surface area contributed by atoms with Crippen LogP contribution in [-0.4, -0.2) is 49.3 Å². The first-order valence-electron chi connectivity index (χ1n) is 24.1. The van der Waals surface area contributed by atoms with Gasteiger partial charge in [0.1, 0.15) is 6.61 Å². The minimum atomic E-state index is -4.38. The molecule has 0 aliphatic rings. The monoisotopic (exact) mass is 852 g/mol. The molecule has 0 saturated heterocycles. The van der Waals surface area contributed by atoms with Crippen molar-refractivity contribution in [2.75, 3.05) is 26.4 Å². The lowest BCUT2D eigenvalue weighted by atomic mass is 10.1. The maximum absolute atomic E-state index is 12.6. The number of hydrogen-bond acceptors (Lipinski definition) is 8. The second-order valence-electron chi connectivity index (χ2n) is 15.9. The van der Waals surface area contributed by atoms with Gasteiger partial charge < -0.3 is 20.1 Å². The molecular weight excluding hydrogens is 762 g/mol. The van der Waals surface area contributed by atoms with Crippen molar-refractivity contribution in [2.24, 2.45) is 5.73 Å². The molecule has 0 saturated carbocycles. The third-order valence-electron chi connectivity index (χ3n) is 10.2. The minimum absolute atomic E-state index is 0.0502. The summed E-state index contributed by atoms with van der Waals surface area (Å²) in [4.78, 5) is 35.0. The molecule has 0 aromatic heterocycles. The van der Waals surface area contributed by atoms with Crippen molar-refractivity contribution in [3.05, 3.63) is 48.6 Å². The van der Waals surface area contributed by atoms with Gasteiger partial charge in [0.05, 0.1) is 13.2 Å². The lowest BCUT2D eigenvalue weighted by Crippen LogP contribution is -2.29. The van der Waals surface area contributed by atoms with Gasteiger partial charge in [0, 0.05) is 19.4 Å². The number of rotatable bonds is 45. The first-order valence-corrected chi connectivity index (χ1v) is 25.6. The minimum Gasteiger partial charge on any atom is -0.462 e. The first kappa shape index (κ1) is 57.0. The van der Waals surface area contributed by atoms with Gasteiger partial charge in [0.25, 0.3) is 0 Å². The Labute approximate surface area is 362 Å². The van der Waals surface area contributed by atoms with E-state index in [1.807, 2.05) is 0 Å². The SMILES string of the molecule is CC/C=C\C/C=C\C/C=C\CCCCCCCCCC(=O)OC(COC(=O)CCCCCCCCCCC/C=C\CCCCCCCCCC)COP(=O)(O)OCCN. The molecule has 0 radical (unpaired) electrons. The summed E-state index contributed by atoms with van der Waals surface area (Å²) in [6, 6.07) is 0. The Bertz CT molecular complexity index is 1110. The summed E-state index contributed by atoms with van der Waals surface area (Å²) in [5.74, 6) is -0.839. The number of carbonyl (C=O) groups excluding carboxylic acids is 2. The molecular formula is C49H90NO8P. The number of phosphoric acid groups is 1. The maximum atomic E-state index is 12.6. The molecule has 0 bridgehead atoms. The van der Waals surface area contributed by atoms with Gasteiger partial charge in [-0.2, -0.15) is 0 Å². The van der Waals surface area contributed by atoms with Gasteiger partial charge in [-0.1, -0.05) is 184 Å². The maximum Gasteiger partial charge on any atom is 0.472 e. The lowest BCUT2D eigenvalue weighted by molar-refractivity contribution is -0.161. The lowest BCUT2D eigenvalue weighted by Gasteiger charge is -2.19. The standard InChI is InChI=1S/C49H90NO8P/c1-3-5-7-9-11-13-15-17-19-21-22-23-24-26-27-29-31-33-35-37-39-41-48(51)55-45-47(46-57-59(53,54)56-44-43-50)58-49(52)42-40-38-36-34-32-30-28-25-20-18-16-14-12-10-8-6-4-2/h6,8,12,14,18,20-22,47H,3-5,7,9-11,13,15-17,19,23-46,50H2,1-2H3,(H,53,54)/b8-6-,14-12-,20-18-,22-21-. The molecule has 2 atom stereocenters. The molecule has 0 aliphatic carbocycles. The normalized spacial score (nSPS) is 13.6. The summed E-state index contributed by atoms with van der Waals surface area (Å²) in [5, 5.41) is 0. The van der Waals surface area contributed by atoms with Crippen LogP contribution in [0.5, 0.6) is 0 Å². The highest BCUT2D eigenvalue weighted by Crippen LogP contribution is 2.43. The van der Waals surface area contributed by atoms with Crippen molar-refractivity contribution in [1.82, 2.24) is 0 Å². The number of nitrogens with two attached hydrogens (primary N) is 1. The fourth-order valence-corrected chi connectivity index (χ4v) is 7.41. The van der Waals surface area contributed by atoms with E-state index in [2.05, 4.69) is 62.5 Å². The van der Waals surface area contributed by atoms with Gasteiger partial charge >= 0.3 is 19.8 Å². The number of esters is 2. The number of ether oxygens (including phenoxy) is 2. The zero-order chi connectivity index (χ0) is 43.2. The van der Waals surface area contributed by atoms with Crippen LogP contribution in [0.1, 0.15) is 219 Å². The highest BCUT2D eigenvalue weighted by Gasteiger charge is 2.26. The van der Waals surface area contributed by atoms with Crippen LogP contribution in [0.2, 0.25) is 0 Å². The summed E-state index contributed by atoms with van der Waals surface area (Å²) < 4.78 is 32.9. The number of allylic oxidation sites excluding steroid dienone is 8. The van der Waals surface area contributed by atoms with Gasteiger partial charge in [-0.3, -0.25) is 18.6 Å². The van der Waals surface area contributed by atoms with E-state index in [0.717, 1.165) is 64.2 Å². The van der Waals surface area contributed by atoms with E-state index in [0.29, 0.717) is 6.42 Å². The molecule has 0 aromatic rings. The molecule has 59 heavy (non-hydrogen) atoms. The van der Waals surface area contributed by atoms with Crippen molar-refractivity contribution >= 4 is 19.8 Å². The summed E-state index contributed by atoms with van der Waals surface area (Å²) in [5.41, 5.74) is 5.36. The molecule has 9 nitrogen and oxygen atoms in total. The summed E-state index contributed by atoms with van der Waals surface area (Å²) in [7, 11) is -4.38. The fourth-order valence-electron chi connectivity index (χ4n) is 6.64. The van der Waals surface area contributed by atoms with Gasteiger partial charge in [-0.25, -0.2) is 4.57 Å². The molecule has 0 aliphatic heterocycles. The third kappa shape index (κ3) is 45.3. The van der Waals surface area contributed by atoms with E-state index < -0.39 is 26.5 Å². The largest absolute Gasteiger partial charge is 0.472 e. The number of unbranched alkanes of at least 4 members (excludes halogenated alkanes) is 24. The Morgan fingerprint density at radius 3 is 1.41 bits per heavy atom. The Kier molecular flexibility index (Phi) is 43.9. The van der Waals surface area contributed by atoms with E-state index >= 15 is 0 Å². The predicted molar refractivity (Wildman–Crippen MR) is 247 cm³/mol. The second-order valence-corrected chi connectivity index (χ2v) is 17.4. The molecule has 0 amide bonds. The van der Waals surface area contributed by atoms with Gasteiger partial charge in [-0.15, -0.1) is 0 Å². The zero-order valence-corrected chi connectivity index (χ0v) is 38.9. The van der Waals surface area contributed by atoms with Crippen molar-refractivity contribution in [1.29, 1.82) is 0 Å². The van der Waals surface area contributed by atoms with Crippen LogP contribution < -0.4 is 5.73 Å². The Hall–Kier alpha value is -2.03. The van der Waals surface area contributed by atoms with E-state index in [9.17, 15) is 19.0 Å². The summed E-state index contributed by atoms with van der Waals surface area (Å²) in [6.45, 7) is 3.63. The fraction of sp³-hybridized carbons (Fsp3) is 0.796. The smallest absolute Gasteiger partial charge is 0.462 e. The molecule has 3 N–H and O–H groups in total. The molecule has 0 heterocycles. The van der Waals surface area contributed by atoms with E-state index in [1.54, 1.807) is 0 Å². The number of carbonyl (C=O) groups is 2. The number of phosphoric ester groups is 1. The quantitative estimate of drug-likeness (QED) is 0.0266. The van der Waals surface area contributed by atoms with Gasteiger partial charge in [0.2, 0.25) is 0 Å². The van der Waals surface area contributed by atoms with Crippen molar-refractivity contribution in [2.45, 2.75) is 225 Å². The molecule has 0 aromatic carbocycles. The van der Waals surface area contributed by atoms with Gasteiger partial charge in [0.15, 0.2) is 6.10 Å². The summed E-state index contributed by atoms with van der Waals surface area (Å²) in [6.07, 6.45) is 52.9. The molecule has 0 fully saturated rings. The highest BCUT2D eigenvalue weighted by molar-refractivity contribution is 7.47. The van der Waals surface area contributed by atoms with Crippen molar-refractivity contribution in [3.63, 3.8) is 0 Å². The number of hydrogen-bond donors (Lipinski definition) is 2. The Morgan fingerprint density at radius 2 is 0.932 bits per heavy atom. The topological polar surface area (TPSA) is 134 Å². The molecule has 0 rings (SSSR count). The van der Waals surface area contributed by atoms with Crippen molar-refractivity contribution < 1.29 is 37.6 Å². The molecule has 0 spiro atoms. The third-order valence-corrected chi connectivity index (χ3v) is 11.2. The average Bonchev–Trinajstić information content (AvgIpc) is 3.22. The molecule has 10 heteroatoms. The van der Waals surface area contributed by atoms with E-state index in [-0.39, 0.29) is 38.6 Å². The first-order chi connectivity index (χ1) is 28.8. The Morgan fingerprint density at radius 1 is 0.525 bits per heavy atom. The second kappa shape index (κ2) is 45.5. The molecule has 2 unspecified atom stereocenters. The summed E-state index contributed by atoms with van der Waals surface area (Å²) >= 11 is 0. The van der Waals surface area contributed by atoms with E-state index in [4.69, 9.17) is 24.3 Å². The van der Waals surface area contributed by atoms with Crippen LogP contribution in [0, 0.1) is 0 Å². The molecule has 344 valence electrons. The Balaban J connectivity index is 4.08. The van der Waals surface area contributed by atoms with Crippen LogP contribution in [-0.2, 0) is 32.7 Å². The van der Waals surface area contributed by atoms with Crippen LogP contribution >= 0.6 is 7.82 Å². The van der Waals surface area contributed by atoms with Crippen LogP contribution in [0.25, 0.3) is 0 Å². The van der Waals surface area contributed by atoms with E-state index in [1.165, 1.54) is 122 Å².